The summed E-state index contributed by atoms with van der Waals surface area (Å²) in [5.41, 5.74) is 1.49. The van der Waals surface area contributed by atoms with Crippen LogP contribution in [0.3, 0.4) is 0 Å². The first-order chi connectivity index (χ1) is 8.66. The molecule has 0 unspecified atom stereocenters. The largest absolute Gasteiger partial charge is 0.344 e. The van der Waals surface area contributed by atoms with Gasteiger partial charge in [-0.05, 0) is 36.8 Å². The van der Waals surface area contributed by atoms with E-state index in [4.69, 9.17) is 0 Å². The number of amides is 1. The van der Waals surface area contributed by atoms with E-state index in [1.807, 2.05) is 31.2 Å². The Hall–Kier alpha value is -1.68. The summed E-state index contributed by atoms with van der Waals surface area (Å²) in [6, 6.07) is 13.1. The lowest BCUT2D eigenvalue weighted by molar-refractivity contribution is 0.0935. The average Bonchev–Trinajstić information content (AvgIpc) is 2.40. The fourth-order valence-electron chi connectivity index (χ4n) is 1.60. The van der Waals surface area contributed by atoms with Crippen molar-refractivity contribution in [3.63, 3.8) is 0 Å². The number of aromatic nitrogens is 1. The van der Waals surface area contributed by atoms with Crippen LogP contribution >= 0.6 is 15.9 Å². The third-order valence-electron chi connectivity index (χ3n) is 2.62. The summed E-state index contributed by atoms with van der Waals surface area (Å²) in [6.07, 6.45) is 1.61. The van der Waals surface area contributed by atoms with Crippen molar-refractivity contribution in [2.75, 3.05) is 0 Å². The standard InChI is InChI=1S/C14H13BrN2O/c1-10(11-5-7-12(15)8-6-11)17-14(18)13-4-2-3-9-16-13/h2-10H,1H3,(H,17,18)/t10-/m1/s1. The Morgan fingerprint density at radius 2 is 1.94 bits per heavy atom. The molecule has 2 aromatic rings. The van der Waals surface area contributed by atoms with Crippen molar-refractivity contribution in [1.82, 2.24) is 10.3 Å². The molecule has 0 aliphatic heterocycles. The molecule has 2 rings (SSSR count). The molecular weight excluding hydrogens is 292 g/mol. The van der Waals surface area contributed by atoms with Crippen LogP contribution < -0.4 is 5.32 Å². The number of carbonyl (C=O) groups excluding carboxylic acids is 1. The van der Waals surface area contributed by atoms with E-state index in [2.05, 4.69) is 26.2 Å². The van der Waals surface area contributed by atoms with Gasteiger partial charge in [-0.2, -0.15) is 0 Å². The zero-order chi connectivity index (χ0) is 13.0. The van der Waals surface area contributed by atoms with E-state index < -0.39 is 0 Å². The van der Waals surface area contributed by atoms with Gasteiger partial charge in [0.15, 0.2) is 0 Å². The number of hydrogen-bond acceptors (Lipinski definition) is 2. The van der Waals surface area contributed by atoms with Crippen molar-refractivity contribution < 1.29 is 4.79 Å². The van der Waals surface area contributed by atoms with Crippen molar-refractivity contribution in [3.05, 3.63) is 64.4 Å². The van der Waals surface area contributed by atoms with E-state index >= 15 is 0 Å². The van der Waals surface area contributed by atoms with E-state index in [0.29, 0.717) is 5.69 Å². The zero-order valence-corrected chi connectivity index (χ0v) is 11.5. The summed E-state index contributed by atoms with van der Waals surface area (Å²) in [5, 5.41) is 2.92. The molecule has 0 radical (unpaired) electrons. The lowest BCUT2D eigenvalue weighted by atomic mass is 10.1. The first kappa shape index (κ1) is 12.8. The van der Waals surface area contributed by atoms with Crippen LogP contribution in [0, 0.1) is 0 Å². The van der Waals surface area contributed by atoms with Crippen molar-refractivity contribution in [2.45, 2.75) is 13.0 Å². The fraction of sp³-hybridized carbons (Fsp3) is 0.143. The van der Waals surface area contributed by atoms with Gasteiger partial charge in [-0.3, -0.25) is 9.78 Å². The Labute approximate surface area is 114 Å². The van der Waals surface area contributed by atoms with E-state index in [-0.39, 0.29) is 11.9 Å². The molecule has 0 saturated carbocycles. The molecule has 18 heavy (non-hydrogen) atoms. The zero-order valence-electron chi connectivity index (χ0n) is 9.93. The molecule has 1 N–H and O–H groups in total. The van der Waals surface area contributed by atoms with E-state index in [9.17, 15) is 4.79 Å². The van der Waals surface area contributed by atoms with Crippen molar-refractivity contribution in [3.8, 4) is 0 Å². The monoisotopic (exact) mass is 304 g/mol. The number of nitrogens with zero attached hydrogens (tertiary/aromatic N) is 1. The quantitative estimate of drug-likeness (QED) is 0.945. The summed E-state index contributed by atoms with van der Waals surface area (Å²) < 4.78 is 1.02. The molecule has 3 nitrogen and oxygen atoms in total. The minimum Gasteiger partial charge on any atom is -0.344 e. The third kappa shape index (κ3) is 3.17. The summed E-state index contributed by atoms with van der Waals surface area (Å²) >= 11 is 3.38. The molecule has 1 atom stereocenters. The molecule has 0 aliphatic rings. The van der Waals surface area contributed by atoms with Gasteiger partial charge >= 0.3 is 0 Å². The molecular formula is C14H13BrN2O. The second-order valence-electron chi connectivity index (χ2n) is 3.96. The summed E-state index contributed by atoms with van der Waals surface area (Å²) in [5.74, 6) is -0.161. The highest BCUT2D eigenvalue weighted by Crippen LogP contribution is 2.16. The topological polar surface area (TPSA) is 42.0 Å². The maximum atomic E-state index is 11.9. The minimum absolute atomic E-state index is 0.0485. The molecule has 92 valence electrons. The van der Waals surface area contributed by atoms with Crippen molar-refractivity contribution >= 4 is 21.8 Å². The van der Waals surface area contributed by atoms with Crippen LogP contribution in [0.4, 0.5) is 0 Å². The lowest BCUT2D eigenvalue weighted by Crippen LogP contribution is -2.27. The molecule has 0 saturated heterocycles. The molecule has 0 fully saturated rings. The van der Waals surface area contributed by atoms with Crippen LogP contribution in [0.2, 0.25) is 0 Å². The first-order valence-electron chi connectivity index (χ1n) is 5.64. The van der Waals surface area contributed by atoms with Crippen LogP contribution in [0.15, 0.2) is 53.1 Å². The van der Waals surface area contributed by atoms with Gasteiger partial charge in [0, 0.05) is 10.7 Å². The van der Waals surface area contributed by atoms with E-state index in [1.165, 1.54) is 0 Å². The van der Waals surface area contributed by atoms with Gasteiger partial charge in [0.1, 0.15) is 5.69 Å². The Morgan fingerprint density at radius 1 is 1.22 bits per heavy atom. The second-order valence-corrected chi connectivity index (χ2v) is 4.88. The molecule has 0 spiro atoms. The van der Waals surface area contributed by atoms with Crippen LogP contribution in [0.25, 0.3) is 0 Å². The Morgan fingerprint density at radius 3 is 2.56 bits per heavy atom. The highest BCUT2D eigenvalue weighted by molar-refractivity contribution is 9.10. The normalized spacial score (nSPS) is 11.9. The summed E-state index contributed by atoms with van der Waals surface area (Å²) in [7, 11) is 0. The number of benzene rings is 1. The van der Waals surface area contributed by atoms with Gasteiger partial charge in [-0.15, -0.1) is 0 Å². The van der Waals surface area contributed by atoms with Gasteiger partial charge in [-0.25, -0.2) is 0 Å². The SMILES string of the molecule is C[C@@H](NC(=O)c1ccccn1)c1ccc(Br)cc1. The highest BCUT2D eigenvalue weighted by Gasteiger charge is 2.11. The van der Waals surface area contributed by atoms with Gasteiger partial charge in [0.2, 0.25) is 0 Å². The van der Waals surface area contributed by atoms with Crippen molar-refractivity contribution in [1.29, 1.82) is 0 Å². The highest BCUT2D eigenvalue weighted by atomic mass is 79.9. The molecule has 0 aliphatic carbocycles. The molecule has 0 bridgehead atoms. The maximum Gasteiger partial charge on any atom is 0.270 e. The third-order valence-corrected chi connectivity index (χ3v) is 3.14. The maximum absolute atomic E-state index is 11.9. The first-order valence-corrected chi connectivity index (χ1v) is 6.43. The Kier molecular flexibility index (Phi) is 4.10. The van der Waals surface area contributed by atoms with Crippen LogP contribution in [0.1, 0.15) is 29.0 Å². The molecule has 4 heteroatoms. The van der Waals surface area contributed by atoms with Gasteiger partial charge in [0.05, 0.1) is 6.04 Å². The van der Waals surface area contributed by atoms with Crippen molar-refractivity contribution in [2.24, 2.45) is 0 Å². The number of carbonyl (C=O) groups is 1. The summed E-state index contributed by atoms with van der Waals surface area (Å²) in [4.78, 5) is 15.9. The fourth-order valence-corrected chi connectivity index (χ4v) is 1.87. The smallest absolute Gasteiger partial charge is 0.270 e. The van der Waals surface area contributed by atoms with Crippen LogP contribution in [0.5, 0.6) is 0 Å². The van der Waals surface area contributed by atoms with E-state index in [0.717, 1.165) is 10.0 Å². The molecule has 1 heterocycles. The molecule has 1 aromatic heterocycles. The van der Waals surface area contributed by atoms with E-state index in [1.54, 1.807) is 24.4 Å². The predicted molar refractivity (Wildman–Crippen MR) is 74.3 cm³/mol. The van der Waals surface area contributed by atoms with Crippen LogP contribution in [-0.2, 0) is 0 Å². The second kappa shape index (κ2) is 5.78. The average molecular weight is 305 g/mol. The molecule has 1 aromatic carbocycles. The lowest BCUT2D eigenvalue weighted by Gasteiger charge is -2.14. The Bertz CT molecular complexity index is 525. The minimum atomic E-state index is -0.161. The Balaban J connectivity index is 2.06. The number of halogens is 1. The molecule has 1 amide bonds. The predicted octanol–water partition coefficient (Wildman–Crippen LogP) is 3.34. The summed E-state index contributed by atoms with van der Waals surface area (Å²) in [6.45, 7) is 1.95. The number of hydrogen-bond donors (Lipinski definition) is 1. The number of nitrogens with one attached hydrogen (secondary N) is 1. The number of rotatable bonds is 3. The number of pyridine rings is 1. The van der Waals surface area contributed by atoms with Gasteiger partial charge in [0.25, 0.3) is 5.91 Å². The van der Waals surface area contributed by atoms with Gasteiger partial charge in [-0.1, -0.05) is 34.1 Å². The van der Waals surface area contributed by atoms with Gasteiger partial charge < -0.3 is 5.32 Å². The van der Waals surface area contributed by atoms with Crippen LogP contribution in [-0.4, -0.2) is 10.9 Å².